The van der Waals surface area contributed by atoms with E-state index in [-0.39, 0.29) is 12.2 Å². The van der Waals surface area contributed by atoms with Gasteiger partial charge in [-0.3, -0.25) is 0 Å². The molecule has 0 heterocycles. The van der Waals surface area contributed by atoms with Gasteiger partial charge in [0, 0.05) is 0 Å². The minimum absolute atomic E-state index is 0.218. The van der Waals surface area contributed by atoms with Gasteiger partial charge in [0.1, 0.15) is 11.9 Å². The van der Waals surface area contributed by atoms with Gasteiger partial charge in [0.2, 0.25) is 0 Å². The largest absolute Gasteiger partial charge is 0.488 e. The van der Waals surface area contributed by atoms with Crippen molar-refractivity contribution in [3.8, 4) is 5.75 Å². The van der Waals surface area contributed by atoms with Gasteiger partial charge in [-0.15, -0.1) is 0 Å². The molecule has 16 heavy (non-hydrogen) atoms. The lowest BCUT2D eigenvalue weighted by Crippen LogP contribution is -2.25. The van der Waals surface area contributed by atoms with E-state index in [4.69, 9.17) is 4.74 Å². The highest BCUT2D eigenvalue weighted by molar-refractivity contribution is 5.39. The summed E-state index contributed by atoms with van der Waals surface area (Å²) in [4.78, 5) is 0. The van der Waals surface area contributed by atoms with E-state index in [1.807, 2.05) is 25.1 Å². The van der Waals surface area contributed by atoms with E-state index in [0.717, 1.165) is 29.7 Å². The Balaban J connectivity index is 2.13. The molecule has 1 aromatic carbocycles. The molecule has 0 aliphatic heterocycles. The Morgan fingerprint density at radius 1 is 1.38 bits per heavy atom. The second-order valence-electron chi connectivity index (χ2n) is 4.48. The zero-order valence-electron chi connectivity index (χ0n) is 9.68. The van der Waals surface area contributed by atoms with Gasteiger partial charge in [-0.2, -0.15) is 0 Å². The summed E-state index contributed by atoms with van der Waals surface area (Å²) in [6.45, 7) is 3.55. The van der Waals surface area contributed by atoms with Crippen LogP contribution in [-0.4, -0.2) is 22.4 Å². The molecule has 0 aromatic heterocycles. The molecule has 3 atom stereocenters. The van der Waals surface area contributed by atoms with Gasteiger partial charge in [-0.25, -0.2) is 0 Å². The first-order valence-corrected chi connectivity index (χ1v) is 5.73. The van der Waals surface area contributed by atoms with Crippen LogP contribution in [0.4, 0.5) is 0 Å². The smallest absolute Gasteiger partial charge is 0.121 e. The van der Waals surface area contributed by atoms with E-state index in [1.54, 1.807) is 6.92 Å². The van der Waals surface area contributed by atoms with Crippen molar-refractivity contribution in [2.45, 2.75) is 45.0 Å². The average Bonchev–Trinajstić information content (AvgIpc) is 2.60. The van der Waals surface area contributed by atoms with Crippen molar-refractivity contribution in [1.29, 1.82) is 0 Å². The molecule has 88 valence electrons. The van der Waals surface area contributed by atoms with Crippen molar-refractivity contribution in [3.63, 3.8) is 0 Å². The molecular formula is C13H18O3. The van der Waals surface area contributed by atoms with Crippen LogP contribution in [0.15, 0.2) is 18.2 Å². The zero-order chi connectivity index (χ0) is 11.7. The minimum Gasteiger partial charge on any atom is -0.488 e. The zero-order valence-corrected chi connectivity index (χ0v) is 9.68. The predicted molar refractivity (Wildman–Crippen MR) is 61.5 cm³/mol. The number of hydrogen-bond donors (Lipinski definition) is 2. The molecule has 0 amide bonds. The molecule has 3 nitrogen and oxygen atoms in total. The normalized spacial score (nSPS) is 22.6. The Bertz CT molecular complexity index is 373. The monoisotopic (exact) mass is 222 g/mol. The molecule has 1 aromatic rings. The van der Waals surface area contributed by atoms with Crippen molar-refractivity contribution >= 4 is 0 Å². The predicted octanol–water partition coefficient (Wildman–Crippen LogP) is 1.81. The molecule has 0 saturated carbocycles. The standard InChI is InChI=1S/C13H18O3/c1-8(14)9(2)16-11-4-5-12-10(7-11)3-6-13(12)15/h4-5,7-9,13-15H,3,6H2,1-2H3/t8?,9?,13-/m0/s1. The molecule has 2 rings (SSSR count). The highest BCUT2D eigenvalue weighted by Gasteiger charge is 2.21. The second-order valence-corrected chi connectivity index (χ2v) is 4.48. The van der Waals surface area contributed by atoms with E-state index in [0.29, 0.717) is 0 Å². The number of aliphatic hydroxyl groups is 2. The van der Waals surface area contributed by atoms with Crippen molar-refractivity contribution in [1.82, 2.24) is 0 Å². The summed E-state index contributed by atoms with van der Waals surface area (Å²) < 4.78 is 5.60. The average molecular weight is 222 g/mol. The molecule has 0 fully saturated rings. The summed E-state index contributed by atoms with van der Waals surface area (Å²) in [7, 11) is 0. The third-order valence-electron chi connectivity index (χ3n) is 3.16. The van der Waals surface area contributed by atoms with E-state index in [1.165, 1.54) is 0 Å². The van der Waals surface area contributed by atoms with Crippen LogP contribution in [0.5, 0.6) is 5.75 Å². The van der Waals surface area contributed by atoms with Crippen molar-refractivity contribution in [2.75, 3.05) is 0 Å². The molecule has 0 radical (unpaired) electrons. The first kappa shape index (κ1) is 11.4. The number of fused-ring (bicyclic) bond motifs is 1. The summed E-state index contributed by atoms with van der Waals surface area (Å²) in [6, 6.07) is 5.73. The number of aliphatic hydroxyl groups excluding tert-OH is 2. The van der Waals surface area contributed by atoms with E-state index >= 15 is 0 Å². The van der Waals surface area contributed by atoms with Crippen molar-refractivity contribution in [2.24, 2.45) is 0 Å². The summed E-state index contributed by atoms with van der Waals surface area (Å²) in [5.41, 5.74) is 2.17. The Labute approximate surface area is 95.7 Å². The molecule has 0 bridgehead atoms. The number of benzene rings is 1. The number of rotatable bonds is 3. The maximum Gasteiger partial charge on any atom is 0.121 e. The van der Waals surface area contributed by atoms with Crippen LogP contribution >= 0.6 is 0 Å². The van der Waals surface area contributed by atoms with Crippen LogP contribution in [0.1, 0.15) is 37.5 Å². The maximum absolute atomic E-state index is 9.66. The lowest BCUT2D eigenvalue weighted by atomic mass is 10.1. The molecule has 2 N–H and O–H groups in total. The van der Waals surface area contributed by atoms with Crippen molar-refractivity contribution < 1.29 is 14.9 Å². The van der Waals surface area contributed by atoms with E-state index < -0.39 is 6.10 Å². The highest BCUT2D eigenvalue weighted by Crippen LogP contribution is 2.33. The molecule has 3 heteroatoms. The molecule has 1 aliphatic carbocycles. The van der Waals surface area contributed by atoms with Crippen LogP contribution < -0.4 is 4.74 Å². The van der Waals surface area contributed by atoms with Gasteiger partial charge in [0.15, 0.2) is 0 Å². The van der Waals surface area contributed by atoms with E-state index in [2.05, 4.69) is 0 Å². The van der Waals surface area contributed by atoms with Crippen LogP contribution in [0.25, 0.3) is 0 Å². The summed E-state index contributed by atoms with van der Waals surface area (Å²) in [5.74, 6) is 0.765. The second kappa shape index (κ2) is 4.44. The summed E-state index contributed by atoms with van der Waals surface area (Å²) in [5, 5.41) is 19.0. The maximum atomic E-state index is 9.66. The first-order valence-electron chi connectivity index (χ1n) is 5.73. The Morgan fingerprint density at radius 3 is 2.81 bits per heavy atom. The number of ether oxygens (including phenoxy) is 1. The Morgan fingerprint density at radius 2 is 2.12 bits per heavy atom. The topological polar surface area (TPSA) is 49.7 Å². The SMILES string of the molecule is CC(O)C(C)Oc1ccc2c(c1)CC[C@@H]2O. The fourth-order valence-corrected chi connectivity index (χ4v) is 1.96. The third-order valence-corrected chi connectivity index (χ3v) is 3.16. The number of hydrogen-bond acceptors (Lipinski definition) is 3. The van der Waals surface area contributed by atoms with Gasteiger partial charge in [-0.05, 0) is 49.9 Å². The summed E-state index contributed by atoms with van der Waals surface area (Å²) in [6.07, 6.45) is 0.670. The van der Waals surface area contributed by atoms with Crippen LogP contribution in [-0.2, 0) is 6.42 Å². The molecule has 0 saturated heterocycles. The molecule has 0 spiro atoms. The van der Waals surface area contributed by atoms with Gasteiger partial charge in [0.05, 0.1) is 12.2 Å². The quantitative estimate of drug-likeness (QED) is 0.820. The Hall–Kier alpha value is -1.06. The molecular weight excluding hydrogens is 204 g/mol. The van der Waals surface area contributed by atoms with Crippen LogP contribution in [0.3, 0.4) is 0 Å². The lowest BCUT2D eigenvalue weighted by molar-refractivity contribution is 0.0604. The first-order chi connectivity index (χ1) is 7.58. The van der Waals surface area contributed by atoms with Gasteiger partial charge in [-0.1, -0.05) is 6.07 Å². The molecule has 1 aliphatic rings. The molecule has 2 unspecified atom stereocenters. The van der Waals surface area contributed by atoms with Crippen LogP contribution in [0.2, 0.25) is 0 Å². The third kappa shape index (κ3) is 2.20. The lowest BCUT2D eigenvalue weighted by Gasteiger charge is -2.17. The fourth-order valence-electron chi connectivity index (χ4n) is 1.96. The van der Waals surface area contributed by atoms with Gasteiger partial charge in [0.25, 0.3) is 0 Å². The van der Waals surface area contributed by atoms with E-state index in [9.17, 15) is 10.2 Å². The minimum atomic E-state index is -0.487. The van der Waals surface area contributed by atoms with Gasteiger partial charge < -0.3 is 14.9 Å². The highest BCUT2D eigenvalue weighted by atomic mass is 16.5. The fraction of sp³-hybridized carbons (Fsp3) is 0.538. The van der Waals surface area contributed by atoms with Crippen molar-refractivity contribution in [3.05, 3.63) is 29.3 Å². The van der Waals surface area contributed by atoms with Gasteiger partial charge >= 0.3 is 0 Å². The Kier molecular flexibility index (Phi) is 3.17. The number of aryl methyl sites for hydroxylation is 1. The summed E-state index contributed by atoms with van der Waals surface area (Å²) >= 11 is 0. The van der Waals surface area contributed by atoms with Crippen LogP contribution in [0, 0.1) is 0 Å².